The van der Waals surface area contributed by atoms with Gasteiger partial charge in [-0.2, -0.15) is 0 Å². The van der Waals surface area contributed by atoms with Gasteiger partial charge in [-0.05, 0) is 58.7 Å². The lowest BCUT2D eigenvalue weighted by atomic mass is 10.0. The van der Waals surface area contributed by atoms with Crippen LogP contribution in [0.4, 0.5) is 5.82 Å². The maximum atomic E-state index is 10.9. The van der Waals surface area contributed by atoms with Crippen LogP contribution in [0.15, 0.2) is 72.9 Å². The van der Waals surface area contributed by atoms with Crippen molar-refractivity contribution in [2.45, 2.75) is 51.2 Å². The van der Waals surface area contributed by atoms with E-state index in [-0.39, 0.29) is 11.8 Å². The van der Waals surface area contributed by atoms with Crippen molar-refractivity contribution < 1.29 is 19.1 Å². The molecule has 3 aromatic carbocycles. The highest BCUT2D eigenvalue weighted by molar-refractivity contribution is 5.85. The third-order valence-corrected chi connectivity index (χ3v) is 7.52. The van der Waals surface area contributed by atoms with Crippen LogP contribution in [0.5, 0.6) is 11.8 Å². The van der Waals surface area contributed by atoms with E-state index in [1.807, 2.05) is 19.1 Å². The van der Waals surface area contributed by atoms with Crippen molar-refractivity contribution in [2.24, 2.45) is 0 Å². The number of piperidine rings is 1. The number of hydrogen-bond donors (Lipinski definition) is 0. The molecule has 2 aliphatic rings. The minimum absolute atomic E-state index is 0.207. The molecule has 202 valence electrons. The summed E-state index contributed by atoms with van der Waals surface area (Å²) in [5, 5.41) is 13.4. The summed E-state index contributed by atoms with van der Waals surface area (Å²) in [6.07, 6.45) is 3.75. The normalized spacial score (nSPS) is 19.6. The average Bonchev–Trinajstić information content (AvgIpc) is 3.48. The number of nitrogens with zero attached hydrogens (tertiary/aromatic N) is 4. The molecule has 0 unspecified atom stereocenters. The second kappa shape index (κ2) is 10.7. The second-order valence-electron chi connectivity index (χ2n) is 10.7. The minimum atomic E-state index is -0.629. The number of aromatic nitrogens is 2. The molecule has 9 nitrogen and oxygen atoms in total. The number of nitro groups is 1. The Balaban J connectivity index is 0.943. The molecule has 39 heavy (non-hydrogen) atoms. The van der Waals surface area contributed by atoms with Crippen LogP contribution >= 0.6 is 0 Å². The summed E-state index contributed by atoms with van der Waals surface area (Å²) in [6, 6.07) is 23.3. The van der Waals surface area contributed by atoms with Crippen LogP contribution in [0.1, 0.15) is 30.9 Å². The first-order chi connectivity index (χ1) is 18.9. The lowest BCUT2D eigenvalue weighted by Gasteiger charge is -2.32. The zero-order valence-corrected chi connectivity index (χ0v) is 22.0. The predicted molar refractivity (Wildman–Crippen MR) is 147 cm³/mol. The monoisotopic (exact) mass is 528 g/mol. The first-order valence-corrected chi connectivity index (χ1v) is 13.4. The molecule has 0 bridgehead atoms. The molecule has 3 heterocycles. The lowest BCUT2D eigenvalue weighted by Crippen LogP contribution is -2.38. The SMILES string of the molecule is C[C@]1(COc2ccc(CN3CCC(OCc4cccc5ccccc45)CC3)cc2)Cn2cc([N+](=O)[O-])nc2O1. The van der Waals surface area contributed by atoms with E-state index in [1.165, 1.54) is 28.1 Å². The lowest BCUT2D eigenvalue weighted by molar-refractivity contribution is -0.389. The molecular formula is C30H32N4O5. The Morgan fingerprint density at radius 1 is 1.08 bits per heavy atom. The van der Waals surface area contributed by atoms with Crippen molar-refractivity contribution in [2.75, 3.05) is 19.7 Å². The van der Waals surface area contributed by atoms with Crippen LogP contribution in [0.2, 0.25) is 0 Å². The fraction of sp³-hybridized carbons (Fsp3) is 0.367. The Kier molecular flexibility index (Phi) is 6.93. The summed E-state index contributed by atoms with van der Waals surface area (Å²) in [6.45, 7) is 6.26. The van der Waals surface area contributed by atoms with Crippen LogP contribution in [0.25, 0.3) is 10.8 Å². The van der Waals surface area contributed by atoms with E-state index in [1.54, 1.807) is 4.57 Å². The van der Waals surface area contributed by atoms with Crippen molar-refractivity contribution in [3.05, 3.63) is 94.2 Å². The van der Waals surface area contributed by atoms with Crippen LogP contribution in [-0.4, -0.2) is 50.8 Å². The first-order valence-electron chi connectivity index (χ1n) is 13.4. The number of likely N-dealkylation sites (tertiary alicyclic amines) is 1. The summed E-state index contributed by atoms with van der Waals surface area (Å²) in [4.78, 5) is 16.8. The van der Waals surface area contributed by atoms with Crippen molar-refractivity contribution in [3.8, 4) is 11.8 Å². The highest BCUT2D eigenvalue weighted by Crippen LogP contribution is 2.31. The summed E-state index contributed by atoms with van der Waals surface area (Å²) in [5.41, 5.74) is 1.87. The molecule has 9 heteroatoms. The van der Waals surface area contributed by atoms with E-state index >= 15 is 0 Å². The number of ether oxygens (including phenoxy) is 3. The fourth-order valence-electron chi connectivity index (χ4n) is 5.40. The molecule has 0 aliphatic carbocycles. The predicted octanol–water partition coefficient (Wildman–Crippen LogP) is 5.36. The van der Waals surface area contributed by atoms with Gasteiger partial charge in [0, 0.05) is 24.6 Å². The Labute approximate surface area is 227 Å². The van der Waals surface area contributed by atoms with Crippen molar-refractivity contribution in [1.29, 1.82) is 0 Å². The molecule has 0 N–H and O–H groups in total. The highest BCUT2D eigenvalue weighted by atomic mass is 16.6. The number of fused-ring (bicyclic) bond motifs is 2. The summed E-state index contributed by atoms with van der Waals surface area (Å²) in [5.74, 6) is 0.556. The van der Waals surface area contributed by atoms with E-state index in [9.17, 15) is 10.1 Å². The van der Waals surface area contributed by atoms with Gasteiger partial charge in [0.15, 0.2) is 5.60 Å². The van der Waals surface area contributed by atoms with Gasteiger partial charge in [-0.15, -0.1) is 0 Å². The van der Waals surface area contributed by atoms with Gasteiger partial charge in [0.25, 0.3) is 0 Å². The average molecular weight is 529 g/mol. The van der Waals surface area contributed by atoms with E-state index in [4.69, 9.17) is 14.2 Å². The molecule has 1 aromatic heterocycles. The maximum absolute atomic E-state index is 10.9. The summed E-state index contributed by atoms with van der Waals surface area (Å²) in [7, 11) is 0. The molecule has 0 amide bonds. The Morgan fingerprint density at radius 3 is 2.62 bits per heavy atom. The van der Waals surface area contributed by atoms with Gasteiger partial charge < -0.3 is 24.3 Å². The van der Waals surface area contributed by atoms with Gasteiger partial charge in [0.2, 0.25) is 0 Å². The van der Waals surface area contributed by atoms with Crippen LogP contribution in [-0.2, 0) is 24.4 Å². The van der Waals surface area contributed by atoms with E-state index in [0.717, 1.165) is 38.2 Å². The summed E-state index contributed by atoms with van der Waals surface area (Å²) >= 11 is 0. The first kappa shape index (κ1) is 25.3. The topological polar surface area (TPSA) is 91.9 Å². The van der Waals surface area contributed by atoms with Crippen molar-refractivity contribution in [3.63, 3.8) is 0 Å². The van der Waals surface area contributed by atoms with Crippen LogP contribution in [0.3, 0.4) is 0 Å². The Morgan fingerprint density at radius 2 is 1.85 bits per heavy atom. The molecule has 4 aromatic rings. The number of hydrogen-bond acceptors (Lipinski definition) is 7. The summed E-state index contributed by atoms with van der Waals surface area (Å²) < 4.78 is 19.8. The van der Waals surface area contributed by atoms with Gasteiger partial charge in [0.05, 0.1) is 19.3 Å². The molecule has 1 saturated heterocycles. The zero-order chi connectivity index (χ0) is 26.8. The molecule has 1 atom stereocenters. The minimum Gasteiger partial charge on any atom is -0.489 e. The molecule has 2 aliphatic heterocycles. The third kappa shape index (κ3) is 5.74. The fourth-order valence-corrected chi connectivity index (χ4v) is 5.40. The Bertz CT molecular complexity index is 1430. The van der Waals surface area contributed by atoms with Crippen LogP contribution < -0.4 is 9.47 Å². The standard InChI is InChI=1S/C30H32N4O5/c1-30(20-33-18-28(34(35)36)31-29(33)39-30)21-38-25-11-9-22(10-12-25)17-32-15-13-26(14-16-32)37-19-24-7-4-6-23-5-2-3-8-27(23)24/h2-12,18,26H,13-17,19-21H2,1H3/t30-/m1/s1. The van der Waals surface area contributed by atoms with Crippen molar-refractivity contribution >= 4 is 16.6 Å². The van der Waals surface area contributed by atoms with Gasteiger partial charge in [-0.25, -0.2) is 0 Å². The van der Waals surface area contributed by atoms with Gasteiger partial charge in [0.1, 0.15) is 18.6 Å². The highest BCUT2D eigenvalue weighted by Gasteiger charge is 2.41. The third-order valence-electron chi connectivity index (χ3n) is 7.52. The van der Waals surface area contributed by atoms with E-state index < -0.39 is 10.5 Å². The van der Waals surface area contributed by atoms with E-state index in [2.05, 4.69) is 64.5 Å². The zero-order valence-electron chi connectivity index (χ0n) is 22.0. The van der Waals surface area contributed by atoms with Gasteiger partial charge >= 0.3 is 11.8 Å². The molecular weight excluding hydrogens is 496 g/mol. The van der Waals surface area contributed by atoms with Crippen molar-refractivity contribution in [1.82, 2.24) is 14.5 Å². The number of benzene rings is 3. The smallest absolute Gasteiger partial charge is 0.415 e. The Hall–Kier alpha value is -3.95. The molecule has 0 saturated carbocycles. The molecule has 6 rings (SSSR count). The second-order valence-corrected chi connectivity index (χ2v) is 10.7. The largest absolute Gasteiger partial charge is 0.489 e. The molecule has 0 radical (unpaired) electrons. The van der Waals surface area contributed by atoms with E-state index in [0.29, 0.717) is 25.9 Å². The van der Waals surface area contributed by atoms with Crippen LogP contribution in [0, 0.1) is 10.1 Å². The molecule has 1 fully saturated rings. The van der Waals surface area contributed by atoms with Gasteiger partial charge in [-0.3, -0.25) is 9.47 Å². The number of imidazole rings is 1. The number of rotatable bonds is 9. The maximum Gasteiger partial charge on any atom is 0.415 e. The van der Waals surface area contributed by atoms with Gasteiger partial charge in [-0.1, -0.05) is 54.6 Å². The quantitative estimate of drug-likeness (QED) is 0.213. The molecule has 0 spiro atoms.